The van der Waals surface area contributed by atoms with Gasteiger partial charge in [-0.3, -0.25) is 0 Å². The maximum Gasteiger partial charge on any atom is 0.101 e. The Hall–Kier alpha value is -1.20. The van der Waals surface area contributed by atoms with E-state index in [4.69, 9.17) is 16.9 Å². The van der Waals surface area contributed by atoms with Gasteiger partial charge in [0.2, 0.25) is 0 Å². The van der Waals surface area contributed by atoms with Gasteiger partial charge in [-0.15, -0.1) is 0 Å². The first-order valence-corrected chi connectivity index (χ1v) is 6.57. The zero-order valence-electron chi connectivity index (χ0n) is 10.0. The number of rotatable bonds is 3. The van der Waals surface area contributed by atoms with Crippen molar-refractivity contribution in [3.63, 3.8) is 0 Å². The summed E-state index contributed by atoms with van der Waals surface area (Å²) < 4.78 is 0. The van der Waals surface area contributed by atoms with E-state index < -0.39 is 0 Å². The highest BCUT2D eigenvalue weighted by Crippen LogP contribution is 2.30. The third kappa shape index (κ3) is 2.92. The zero-order valence-corrected chi connectivity index (χ0v) is 10.8. The van der Waals surface area contributed by atoms with Crippen LogP contribution in [0.1, 0.15) is 38.2 Å². The molecule has 17 heavy (non-hydrogen) atoms. The van der Waals surface area contributed by atoms with Crippen LogP contribution in [0, 0.1) is 17.2 Å². The number of hydrogen-bond donors (Lipinski definition) is 1. The molecule has 2 atom stereocenters. The van der Waals surface area contributed by atoms with Crippen molar-refractivity contribution in [3.05, 3.63) is 28.8 Å². The highest BCUT2D eigenvalue weighted by molar-refractivity contribution is 6.31. The van der Waals surface area contributed by atoms with Crippen molar-refractivity contribution in [1.29, 1.82) is 5.26 Å². The summed E-state index contributed by atoms with van der Waals surface area (Å²) in [4.78, 5) is 0. The predicted octanol–water partition coefficient (Wildman–Crippen LogP) is 4.20. The van der Waals surface area contributed by atoms with E-state index in [1.54, 1.807) is 6.07 Å². The summed E-state index contributed by atoms with van der Waals surface area (Å²) in [6, 6.07) is 8.23. The van der Waals surface area contributed by atoms with E-state index in [0.29, 0.717) is 16.6 Å². The molecule has 0 spiro atoms. The van der Waals surface area contributed by atoms with Gasteiger partial charge < -0.3 is 5.32 Å². The SMILES string of the molecule is CCC1CCC(Nc2ccc(Cl)c(C#N)c2)C1. The predicted molar refractivity (Wildman–Crippen MR) is 71.2 cm³/mol. The van der Waals surface area contributed by atoms with E-state index in [9.17, 15) is 0 Å². The van der Waals surface area contributed by atoms with Crippen molar-refractivity contribution in [3.8, 4) is 6.07 Å². The average Bonchev–Trinajstić information content (AvgIpc) is 2.79. The smallest absolute Gasteiger partial charge is 0.101 e. The van der Waals surface area contributed by atoms with Crippen LogP contribution in [0.25, 0.3) is 0 Å². The van der Waals surface area contributed by atoms with Gasteiger partial charge in [0, 0.05) is 11.7 Å². The summed E-state index contributed by atoms with van der Waals surface area (Å²) in [6.07, 6.45) is 5.04. The van der Waals surface area contributed by atoms with Crippen molar-refractivity contribution in [2.24, 2.45) is 5.92 Å². The second kappa shape index (κ2) is 5.42. The van der Waals surface area contributed by atoms with Gasteiger partial charge in [-0.25, -0.2) is 0 Å². The summed E-state index contributed by atoms with van der Waals surface area (Å²) in [5, 5.41) is 12.9. The van der Waals surface area contributed by atoms with Crippen LogP contribution >= 0.6 is 11.6 Å². The first-order chi connectivity index (χ1) is 8.22. The second-order valence-electron chi connectivity index (χ2n) is 4.74. The summed E-state index contributed by atoms with van der Waals surface area (Å²) >= 11 is 5.91. The van der Waals surface area contributed by atoms with E-state index in [0.717, 1.165) is 11.6 Å². The van der Waals surface area contributed by atoms with E-state index in [2.05, 4.69) is 18.3 Å². The molecule has 2 nitrogen and oxygen atoms in total. The van der Waals surface area contributed by atoms with Crippen LogP contribution in [0.3, 0.4) is 0 Å². The Balaban J connectivity index is 2.02. The van der Waals surface area contributed by atoms with Crippen molar-refractivity contribution < 1.29 is 0 Å². The van der Waals surface area contributed by atoms with Gasteiger partial charge in [0.25, 0.3) is 0 Å². The second-order valence-corrected chi connectivity index (χ2v) is 5.14. The molecule has 1 aromatic rings. The fourth-order valence-corrected chi connectivity index (χ4v) is 2.67. The Labute approximate surface area is 108 Å². The van der Waals surface area contributed by atoms with Gasteiger partial charge in [-0.2, -0.15) is 5.26 Å². The maximum atomic E-state index is 8.92. The molecule has 2 unspecified atom stereocenters. The van der Waals surface area contributed by atoms with Gasteiger partial charge in [0.1, 0.15) is 6.07 Å². The molecule has 0 radical (unpaired) electrons. The molecule has 1 N–H and O–H groups in total. The zero-order chi connectivity index (χ0) is 12.3. The van der Waals surface area contributed by atoms with Crippen molar-refractivity contribution in [2.75, 3.05) is 5.32 Å². The third-order valence-electron chi connectivity index (χ3n) is 3.58. The molecule has 90 valence electrons. The summed E-state index contributed by atoms with van der Waals surface area (Å²) in [5.74, 6) is 0.857. The lowest BCUT2D eigenvalue weighted by molar-refractivity contribution is 0.525. The number of nitrogens with zero attached hydrogens (tertiary/aromatic N) is 1. The first-order valence-electron chi connectivity index (χ1n) is 6.19. The van der Waals surface area contributed by atoms with Crippen LogP contribution < -0.4 is 5.32 Å². The molecule has 1 aliphatic carbocycles. The van der Waals surface area contributed by atoms with Crippen LogP contribution in [0.4, 0.5) is 5.69 Å². The number of benzene rings is 1. The molecule has 0 amide bonds. The molecule has 3 heteroatoms. The molecule has 0 saturated heterocycles. The van der Waals surface area contributed by atoms with Gasteiger partial charge >= 0.3 is 0 Å². The molecule has 0 aliphatic heterocycles. The maximum absolute atomic E-state index is 8.92. The quantitative estimate of drug-likeness (QED) is 0.870. The van der Waals surface area contributed by atoms with Gasteiger partial charge in [-0.1, -0.05) is 24.9 Å². The number of halogens is 1. The lowest BCUT2D eigenvalue weighted by Gasteiger charge is -2.14. The molecule has 1 aromatic carbocycles. The normalized spacial score (nSPS) is 23.4. The van der Waals surface area contributed by atoms with Gasteiger partial charge in [-0.05, 0) is 43.4 Å². The van der Waals surface area contributed by atoms with Crippen molar-refractivity contribution in [1.82, 2.24) is 0 Å². The fraction of sp³-hybridized carbons (Fsp3) is 0.500. The van der Waals surface area contributed by atoms with Gasteiger partial charge in [0.15, 0.2) is 0 Å². The monoisotopic (exact) mass is 248 g/mol. The lowest BCUT2D eigenvalue weighted by Crippen LogP contribution is -2.15. The molecule has 2 rings (SSSR count). The molecule has 0 aromatic heterocycles. The van der Waals surface area contributed by atoms with Crippen molar-refractivity contribution >= 4 is 17.3 Å². The highest BCUT2D eigenvalue weighted by Gasteiger charge is 2.23. The van der Waals surface area contributed by atoms with E-state index in [1.165, 1.54) is 25.7 Å². The number of hydrogen-bond acceptors (Lipinski definition) is 2. The molecule has 0 heterocycles. The van der Waals surface area contributed by atoms with Crippen LogP contribution in [0.15, 0.2) is 18.2 Å². The van der Waals surface area contributed by atoms with Crippen LogP contribution in [-0.2, 0) is 0 Å². The van der Waals surface area contributed by atoms with E-state index in [-0.39, 0.29) is 0 Å². The molecular weight excluding hydrogens is 232 g/mol. The van der Waals surface area contributed by atoms with Crippen LogP contribution in [0.5, 0.6) is 0 Å². The third-order valence-corrected chi connectivity index (χ3v) is 3.91. The first kappa shape index (κ1) is 12.3. The molecular formula is C14H17ClN2. The largest absolute Gasteiger partial charge is 0.382 e. The average molecular weight is 249 g/mol. The standard InChI is InChI=1S/C14H17ClN2/c1-2-10-3-4-12(7-10)17-13-5-6-14(15)11(8-13)9-16/h5-6,8,10,12,17H,2-4,7H2,1H3. The topological polar surface area (TPSA) is 35.8 Å². The van der Waals surface area contributed by atoms with Crippen molar-refractivity contribution in [2.45, 2.75) is 38.6 Å². The number of nitrogens with one attached hydrogen (secondary N) is 1. The summed E-state index contributed by atoms with van der Waals surface area (Å²) in [6.45, 7) is 2.25. The number of anilines is 1. The lowest BCUT2D eigenvalue weighted by atomic mass is 10.1. The Morgan fingerprint density at radius 1 is 1.47 bits per heavy atom. The highest BCUT2D eigenvalue weighted by atomic mass is 35.5. The number of nitriles is 1. The summed E-state index contributed by atoms with van der Waals surface area (Å²) in [5.41, 5.74) is 1.55. The molecule has 1 fully saturated rings. The van der Waals surface area contributed by atoms with Crippen LogP contribution in [-0.4, -0.2) is 6.04 Å². The Kier molecular flexibility index (Phi) is 3.91. The van der Waals surface area contributed by atoms with E-state index in [1.807, 2.05) is 12.1 Å². The Morgan fingerprint density at radius 2 is 2.29 bits per heavy atom. The Morgan fingerprint density at radius 3 is 2.94 bits per heavy atom. The minimum Gasteiger partial charge on any atom is -0.382 e. The molecule has 1 saturated carbocycles. The Bertz CT molecular complexity index is 436. The minimum absolute atomic E-state index is 0.524. The van der Waals surface area contributed by atoms with Crippen LogP contribution in [0.2, 0.25) is 5.02 Å². The van der Waals surface area contributed by atoms with E-state index >= 15 is 0 Å². The summed E-state index contributed by atoms with van der Waals surface area (Å²) in [7, 11) is 0. The van der Waals surface area contributed by atoms with Gasteiger partial charge in [0.05, 0.1) is 10.6 Å². The molecule has 1 aliphatic rings. The molecule has 0 bridgehead atoms. The minimum atomic E-state index is 0.524. The fourth-order valence-electron chi connectivity index (χ4n) is 2.51.